The molecule has 0 aliphatic heterocycles. The minimum atomic E-state index is 0.690. The largest absolute Gasteiger partial charge is 0.0932 e. The number of hydrogen-bond acceptors (Lipinski definition) is 1. The molecular formula is C7H14S. The van der Waals surface area contributed by atoms with E-state index in [1.807, 2.05) is 5.37 Å². The molecule has 0 aromatic heterocycles. The number of rotatable bonds is 4. The Morgan fingerprint density at radius 1 is 1.50 bits per heavy atom. The maximum Gasteiger partial charge on any atom is -0.0131 e. The van der Waals surface area contributed by atoms with Crippen LogP contribution >= 0.6 is 12.2 Å². The van der Waals surface area contributed by atoms with Gasteiger partial charge in [-0.2, -0.15) is 0 Å². The zero-order valence-corrected chi connectivity index (χ0v) is 6.50. The molecule has 0 rings (SSSR count). The summed E-state index contributed by atoms with van der Waals surface area (Å²) in [6.07, 6.45) is 3.73. The van der Waals surface area contributed by atoms with E-state index in [4.69, 9.17) is 12.2 Å². The third kappa shape index (κ3) is 3.14. The molecule has 0 aliphatic carbocycles. The highest BCUT2D eigenvalue weighted by molar-refractivity contribution is 7.79. The van der Waals surface area contributed by atoms with Crippen molar-refractivity contribution in [2.24, 2.45) is 5.92 Å². The van der Waals surface area contributed by atoms with Crippen molar-refractivity contribution in [1.29, 1.82) is 0 Å². The van der Waals surface area contributed by atoms with Gasteiger partial charge in [0.25, 0.3) is 0 Å². The Kier molecular flexibility index (Phi) is 5.29. The maximum absolute atomic E-state index is 4.81. The summed E-state index contributed by atoms with van der Waals surface area (Å²) in [5.41, 5.74) is 0. The van der Waals surface area contributed by atoms with Gasteiger partial charge in [-0.1, -0.05) is 32.5 Å². The summed E-state index contributed by atoms with van der Waals surface area (Å²) >= 11 is 4.81. The van der Waals surface area contributed by atoms with Crippen LogP contribution < -0.4 is 0 Å². The van der Waals surface area contributed by atoms with Crippen molar-refractivity contribution in [3.8, 4) is 0 Å². The molecule has 0 aromatic carbocycles. The van der Waals surface area contributed by atoms with E-state index in [1.165, 1.54) is 19.3 Å². The van der Waals surface area contributed by atoms with E-state index in [2.05, 4.69) is 13.8 Å². The smallest absolute Gasteiger partial charge is 0.0131 e. The molecule has 0 aromatic rings. The lowest BCUT2D eigenvalue weighted by molar-refractivity contribution is 0.610. The van der Waals surface area contributed by atoms with E-state index < -0.39 is 0 Å². The first-order valence-corrected chi connectivity index (χ1v) is 3.77. The van der Waals surface area contributed by atoms with Crippen LogP contribution in [0.25, 0.3) is 0 Å². The Morgan fingerprint density at radius 3 is 2.25 bits per heavy atom. The van der Waals surface area contributed by atoms with Gasteiger partial charge in [-0.15, -0.1) is 0 Å². The molecule has 0 aliphatic rings. The van der Waals surface area contributed by atoms with Gasteiger partial charge in [0.15, 0.2) is 0 Å². The predicted molar refractivity (Wildman–Crippen MR) is 42.3 cm³/mol. The van der Waals surface area contributed by atoms with Crippen LogP contribution in [0.3, 0.4) is 0 Å². The molecule has 0 saturated carbocycles. The van der Waals surface area contributed by atoms with Gasteiger partial charge >= 0.3 is 0 Å². The van der Waals surface area contributed by atoms with Crippen LogP contribution in [0, 0.1) is 5.92 Å². The van der Waals surface area contributed by atoms with E-state index in [-0.39, 0.29) is 0 Å². The van der Waals surface area contributed by atoms with E-state index in [9.17, 15) is 0 Å². The molecule has 1 unspecified atom stereocenters. The SMILES string of the molecule is CCCC(C=S)CC. The Bertz CT molecular complexity index is 59.4. The standard InChI is InChI=1S/C7H14S/c1-3-5-7(4-2)6-8/h6-7H,3-5H2,1-2H3. The monoisotopic (exact) mass is 130 g/mol. The van der Waals surface area contributed by atoms with Crippen molar-refractivity contribution in [3.05, 3.63) is 0 Å². The molecule has 1 atom stereocenters. The van der Waals surface area contributed by atoms with Crippen LogP contribution in [0.2, 0.25) is 0 Å². The molecule has 0 bridgehead atoms. The third-order valence-corrected chi connectivity index (χ3v) is 1.76. The van der Waals surface area contributed by atoms with Crippen LogP contribution in [0.1, 0.15) is 33.1 Å². The van der Waals surface area contributed by atoms with E-state index in [0.717, 1.165) is 0 Å². The first-order chi connectivity index (χ1) is 3.85. The molecule has 1 heteroatoms. The lowest BCUT2D eigenvalue weighted by atomic mass is 10.0. The summed E-state index contributed by atoms with van der Waals surface area (Å²) in [7, 11) is 0. The number of hydrogen-bond donors (Lipinski definition) is 0. The molecule has 8 heavy (non-hydrogen) atoms. The summed E-state index contributed by atoms with van der Waals surface area (Å²) in [4.78, 5) is 0. The van der Waals surface area contributed by atoms with Gasteiger partial charge in [0.2, 0.25) is 0 Å². The molecule has 0 radical (unpaired) electrons. The van der Waals surface area contributed by atoms with Gasteiger partial charge < -0.3 is 0 Å². The Morgan fingerprint density at radius 2 is 2.12 bits per heavy atom. The lowest BCUT2D eigenvalue weighted by Crippen LogP contribution is -1.96. The van der Waals surface area contributed by atoms with Crippen LogP contribution in [0.15, 0.2) is 0 Å². The number of thiocarbonyl (C=S) groups is 1. The van der Waals surface area contributed by atoms with Crippen LogP contribution in [-0.2, 0) is 0 Å². The van der Waals surface area contributed by atoms with E-state index in [1.54, 1.807) is 0 Å². The summed E-state index contributed by atoms with van der Waals surface area (Å²) in [6.45, 7) is 4.38. The summed E-state index contributed by atoms with van der Waals surface area (Å²) in [6, 6.07) is 0. The molecule has 0 heterocycles. The minimum Gasteiger partial charge on any atom is -0.0932 e. The van der Waals surface area contributed by atoms with Crippen molar-refractivity contribution in [3.63, 3.8) is 0 Å². The van der Waals surface area contributed by atoms with Crippen molar-refractivity contribution < 1.29 is 0 Å². The lowest BCUT2D eigenvalue weighted by Gasteiger charge is -2.03. The fourth-order valence-corrected chi connectivity index (χ4v) is 1.07. The van der Waals surface area contributed by atoms with Crippen molar-refractivity contribution in [2.45, 2.75) is 33.1 Å². The van der Waals surface area contributed by atoms with Gasteiger partial charge in [-0.25, -0.2) is 0 Å². The first-order valence-electron chi connectivity index (χ1n) is 3.30. The zero-order chi connectivity index (χ0) is 6.41. The Labute approximate surface area is 57.3 Å². The summed E-state index contributed by atoms with van der Waals surface area (Å²) in [5.74, 6) is 0.690. The highest BCUT2D eigenvalue weighted by Gasteiger charge is 1.97. The molecular weight excluding hydrogens is 116 g/mol. The van der Waals surface area contributed by atoms with Crippen molar-refractivity contribution in [2.75, 3.05) is 0 Å². The second-order valence-electron chi connectivity index (χ2n) is 2.09. The predicted octanol–water partition coefficient (Wildman–Crippen LogP) is 2.81. The normalized spacial score (nSPS) is 13.2. The van der Waals surface area contributed by atoms with Crippen LogP contribution in [-0.4, -0.2) is 5.37 Å². The second-order valence-corrected chi connectivity index (χ2v) is 2.37. The molecule has 0 amide bonds. The molecule has 48 valence electrons. The summed E-state index contributed by atoms with van der Waals surface area (Å²) < 4.78 is 0. The fraction of sp³-hybridized carbons (Fsp3) is 0.857. The Hall–Kier alpha value is 0.0900. The van der Waals surface area contributed by atoms with Gasteiger partial charge in [0.1, 0.15) is 0 Å². The zero-order valence-electron chi connectivity index (χ0n) is 5.68. The maximum atomic E-state index is 4.81. The first kappa shape index (κ1) is 8.09. The third-order valence-electron chi connectivity index (χ3n) is 1.38. The molecule has 0 N–H and O–H groups in total. The minimum absolute atomic E-state index is 0.690. The summed E-state index contributed by atoms with van der Waals surface area (Å²) in [5, 5.41) is 1.89. The molecule has 0 saturated heterocycles. The highest BCUT2D eigenvalue weighted by Crippen LogP contribution is 2.06. The average molecular weight is 130 g/mol. The molecule has 0 fully saturated rings. The van der Waals surface area contributed by atoms with Gasteiger partial charge in [-0.3, -0.25) is 0 Å². The quantitative estimate of drug-likeness (QED) is 0.527. The van der Waals surface area contributed by atoms with Crippen molar-refractivity contribution in [1.82, 2.24) is 0 Å². The Balaban J connectivity index is 3.21. The molecule has 0 spiro atoms. The average Bonchev–Trinajstić information content (AvgIpc) is 1.83. The van der Waals surface area contributed by atoms with Gasteiger partial charge in [-0.05, 0) is 24.1 Å². The van der Waals surface area contributed by atoms with E-state index >= 15 is 0 Å². The van der Waals surface area contributed by atoms with Crippen LogP contribution in [0.4, 0.5) is 0 Å². The van der Waals surface area contributed by atoms with Crippen LogP contribution in [0.5, 0.6) is 0 Å². The highest BCUT2D eigenvalue weighted by atomic mass is 32.1. The fourth-order valence-electron chi connectivity index (χ4n) is 0.739. The second kappa shape index (κ2) is 5.23. The van der Waals surface area contributed by atoms with Gasteiger partial charge in [0, 0.05) is 0 Å². The molecule has 0 nitrogen and oxygen atoms in total. The van der Waals surface area contributed by atoms with E-state index in [0.29, 0.717) is 5.92 Å². The van der Waals surface area contributed by atoms with Crippen molar-refractivity contribution >= 4 is 17.6 Å². The van der Waals surface area contributed by atoms with Gasteiger partial charge in [0.05, 0.1) is 0 Å². The topological polar surface area (TPSA) is 0 Å².